The van der Waals surface area contributed by atoms with Crippen molar-refractivity contribution in [2.75, 3.05) is 0 Å². The number of aromatic hydroxyl groups is 1. The number of rotatable bonds is 3. The lowest BCUT2D eigenvalue weighted by atomic mass is 10.2. The van der Waals surface area contributed by atoms with Gasteiger partial charge in [0.15, 0.2) is 5.78 Å². The second-order valence-electron chi connectivity index (χ2n) is 5.60. The van der Waals surface area contributed by atoms with Gasteiger partial charge in [-0.15, -0.1) is 0 Å². The summed E-state index contributed by atoms with van der Waals surface area (Å²) in [5.41, 5.74) is -1.14. The van der Waals surface area contributed by atoms with E-state index in [0.717, 1.165) is 4.91 Å². The molecule has 0 fully saturated rings. The Kier molecular flexibility index (Phi) is 5.86. The molecule has 1 aromatic heterocycles. The number of hydrogen-bond acceptors (Lipinski definition) is 8. The maximum Gasteiger partial charge on any atom is 0.350 e. The van der Waals surface area contributed by atoms with Crippen molar-refractivity contribution in [3.8, 4) is 5.75 Å². The molecule has 0 saturated carbocycles. The van der Waals surface area contributed by atoms with Crippen LogP contribution in [0.4, 0.5) is 0 Å². The van der Waals surface area contributed by atoms with Gasteiger partial charge in [-0.3, -0.25) is 4.79 Å². The monoisotopic (exact) mass is 424 g/mol. The zero-order chi connectivity index (χ0) is 19.0. The molecular weight excluding hydrogens is 408 g/mol. The average molecular weight is 425 g/mol. The van der Waals surface area contributed by atoms with Gasteiger partial charge in [0.25, 0.3) is 0 Å². The highest BCUT2D eigenvalue weighted by Gasteiger charge is 2.25. The molecule has 0 aliphatic carbocycles. The number of thioether (sulfide) groups is 4. The molecule has 0 aromatic carbocycles. The molecule has 8 heteroatoms. The van der Waals surface area contributed by atoms with Gasteiger partial charge in [-0.2, -0.15) is 0 Å². The summed E-state index contributed by atoms with van der Waals surface area (Å²) in [6, 6.07) is 1.29. The number of ketones is 1. The van der Waals surface area contributed by atoms with Gasteiger partial charge in [-0.05, 0) is 49.7 Å². The summed E-state index contributed by atoms with van der Waals surface area (Å²) in [7, 11) is 0. The topological polar surface area (TPSA) is 67.5 Å². The van der Waals surface area contributed by atoms with Crippen LogP contribution in [0.25, 0.3) is 6.08 Å². The molecule has 1 aromatic rings. The van der Waals surface area contributed by atoms with E-state index in [0.29, 0.717) is 0 Å². The van der Waals surface area contributed by atoms with Crippen LogP contribution >= 0.6 is 47.0 Å². The molecule has 136 valence electrons. The van der Waals surface area contributed by atoms with E-state index in [1.54, 1.807) is 53.1 Å². The Hall–Kier alpha value is -1.22. The Morgan fingerprint density at radius 2 is 1.58 bits per heavy atom. The van der Waals surface area contributed by atoms with Crippen molar-refractivity contribution < 1.29 is 14.3 Å². The molecule has 0 spiro atoms. The molecular formula is C18H16O4S4. The van der Waals surface area contributed by atoms with Crippen LogP contribution < -0.4 is 5.63 Å². The van der Waals surface area contributed by atoms with Crippen molar-refractivity contribution in [1.82, 2.24) is 0 Å². The van der Waals surface area contributed by atoms with Gasteiger partial charge in [0.2, 0.25) is 0 Å². The van der Waals surface area contributed by atoms with Crippen LogP contribution in [0.5, 0.6) is 5.75 Å². The standard InChI is InChI=1S/C18H16O4S4/c1-8(19)15-13(20)7-12(22-16(15)21)5-6-14-11(4)25-18(26-14)17-23-9(2)10(3)24-17/h5-7,20H,1-4H3/b6-5+. The van der Waals surface area contributed by atoms with Crippen molar-refractivity contribution in [3.63, 3.8) is 0 Å². The Balaban J connectivity index is 1.80. The molecule has 4 nitrogen and oxygen atoms in total. The predicted molar refractivity (Wildman–Crippen MR) is 114 cm³/mol. The van der Waals surface area contributed by atoms with Crippen LogP contribution in [0.3, 0.4) is 0 Å². The van der Waals surface area contributed by atoms with E-state index in [4.69, 9.17) is 4.42 Å². The smallest absolute Gasteiger partial charge is 0.350 e. The molecule has 0 bridgehead atoms. The molecule has 26 heavy (non-hydrogen) atoms. The zero-order valence-corrected chi connectivity index (χ0v) is 17.8. The van der Waals surface area contributed by atoms with E-state index < -0.39 is 11.4 Å². The lowest BCUT2D eigenvalue weighted by Gasteiger charge is -2.01. The van der Waals surface area contributed by atoms with Crippen LogP contribution in [-0.4, -0.2) is 10.9 Å². The second kappa shape index (κ2) is 7.80. The molecule has 3 rings (SSSR count). The summed E-state index contributed by atoms with van der Waals surface area (Å²) in [5.74, 6) is -0.663. The van der Waals surface area contributed by atoms with Gasteiger partial charge in [0.1, 0.15) is 17.1 Å². The minimum Gasteiger partial charge on any atom is -0.507 e. The zero-order valence-electron chi connectivity index (χ0n) is 14.5. The number of carbonyl (C=O) groups excluding carboxylic acids is 1. The maximum atomic E-state index is 11.8. The van der Waals surface area contributed by atoms with Crippen molar-refractivity contribution in [3.05, 3.63) is 62.0 Å². The number of carbonyl (C=O) groups is 1. The maximum absolute atomic E-state index is 11.8. The third-order valence-electron chi connectivity index (χ3n) is 3.65. The summed E-state index contributed by atoms with van der Waals surface area (Å²) < 4.78 is 7.66. The van der Waals surface area contributed by atoms with Gasteiger partial charge >= 0.3 is 5.63 Å². The quantitative estimate of drug-likeness (QED) is 0.581. The molecule has 1 N–H and O–H groups in total. The average Bonchev–Trinajstić information content (AvgIpc) is 3.07. The Morgan fingerprint density at radius 1 is 1.00 bits per heavy atom. The van der Waals surface area contributed by atoms with Crippen molar-refractivity contribution in [2.24, 2.45) is 0 Å². The first-order valence-electron chi connectivity index (χ1n) is 7.66. The van der Waals surface area contributed by atoms with Crippen LogP contribution in [0.1, 0.15) is 43.8 Å². The van der Waals surface area contributed by atoms with Crippen molar-refractivity contribution in [1.29, 1.82) is 0 Å². The van der Waals surface area contributed by atoms with E-state index in [2.05, 4.69) is 20.8 Å². The largest absolute Gasteiger partial charge is 0.507 e. The second-order valence-corrected chi connectivity index (χ2v) is 10.8. The Morgan fingerprint density at radius 3 is 2.15 bits per heavy atom. The van der Waals surface area contributed by atoms with Gasteiger partial charge in [0, 0.05) is 15.9 Å². The summed E-state index contributed by atoms with van der Waals surface area (Å²) in [4.78, 5) is 28.1. The first-order chi connectivity index (χ1) is 12.3. The van der Waals surface area contributed by atoms with Gasteiger partial charge < -0.3 is 9.52 Å². The highest BCUT2D eigenvalue weighted by Crippen LogP contribution is 2.59. The van der Waals surface area contributed by atoms with Crippen molar-refractivity contribution in [2.45, 2.75) is 27.7 Å². The van der Waals surface area contributed by atoms with E-state index in [9.17, 15) is 14.7 Å². The van der Waals surface area contributed by atoms with E-state index in [-0.39, 0.29) is 17.1 Å². The SMILES string of the molecule is CC(=O)c1c(O)cc(/C=C/C2=C(C)SC(=C3SC(C)=C(C)S3)S2)oc1=O. The van der Waals surface area contributed by atoms with Crippen LogP contribution in [0, 0.1) is 0 Å². The highest BCUT2D eigenvalue weighted by atomic mass is 32.2. The third kappa shape index (κ3) is 4.03. The first-order valence-corrected chi connectivity index (χ1v) is 10.9. The fourth-order valence-corrected chi connectivity index (χ4v) is 7.54. The molecule has 0 radical (unpaired) electrons. The molecule has 0 amide bonds. The van der Waals surface area contributed by atoms with E-state index in [1.807, 2.05) is 6.08 Å². The summed E-state index contributed by atoms with van der Waals surface area (Å²) in [6.45, 7) is 7.53. The van der Waals surface area contributed by atoms with E-state index >= 15 is 0 Å². The minimum atomic E-state index is -0.824. The fourth-order valence-electron chi connectivity index (χ4n) is 2.21. The van der Waals surface area contributed by atoms with Gasteiger partial charge in [0.05, 0.1) is 8.47 Å². The minimum absolute atomic E-state index is 0.211. The normalized spacial score (nSPS) is 18.0. The van der Waals surface area contributed by atoms with Crippen LogP contribution in [0.15, 0.2) is 49.4 Å². The molecule has 0 atom stereocenters. The van der Waals surface area contributed by atoms with Crippen LogP contribution in [0.2, 0.25) is 0 Å². The summed E-state index contributed by atoms with van der Waals surface area (Å²) in [5, 5.41) is 9.87. The third-order valence-corrected chi connectivity index (χ3v) is 9.40. The Bertz CT molecular complexity index is 963. The molecule has 3 heterocycles. The van der Waals surface area contributed by atoms with Crippen molar-refractivity contribution >= 4 is 58.9 Å². The number of Topliss-reactive ketones (excluding diaryl/α,β-unsaturated/α-hetero) is 1. The lowest BCUT2D eigenvalue weighted by Crippen LogP contribution is -2.12. The Labute approximate surface area is 168 Å². The van der Waals surface area contributed by atoms with Crippen LogP contribution in [-0.2, 0) is 0 Å². The molecule has 2 aliphatic rings. The lowest BCUT2D eigenvalue weighted by molar-refractivity contribution is 0.101. The predicted octanol–water partition coefficient (Wildman–Crippen LogP) is 6.13. The molecule has 0 unspecified atom stereocenters. The molecule has 2 aliphatic heterocycles. The number of allylic oxidation sites excluding steroid dienone is 4. The first kappa shape index (κ1) is 19.5. The van der Waals surface area contributed by atoms with E-state index in [1.165, 1.54) is 36.2 Å². The fraction of sp³-hybridized carbons (Fsp3) is 0.222. The number of hydrogen-bond donors (Lipinski definition) is 1. The van der Waals surface area contributed by atoms with Gasteiger partial charge in [-0.1, -0.05) is 47.0 Å². The van der Waals surface area contributed by atoms with Gasteiger partial charge in [-0.25, -0.2) is 4.79 Å². The summed E-state index contributed by atoms with van der Waals surface area (Å²) >= 11 is 7.03. The molecule has 0 saturated heterocycles. The summed E-state index contributed by atoms with van der Waals surface area (Å²) in [6.07, 6.45) is 3.50. The highest BCUT2D eigenvalue weighted by molar-refractivity contribution is 8.34.